The first-order chi connectivity index (χ1) is 7.97. The fourth-order valence-corrected chi connectivity index (χ4v) is 1.71. The van der Waals surface area contributed by atoms with Crippen LogP contribution in [0.1, 0.15) is 32.0 Å². The smallest absolute Gasteiger partial charge is 0.159 e. The summed E-state index contributed by atoms with van der Waals surface area (Å²) in [6.45, 7) is 8.62. The van der Waals surface area contributed by atoms with Crippen molar-refractivity contribution in [1.82, 2.24) is 9.97 Å². The van der Waals surface area contributed by atoms with Crippen molar-refractivity contribution in [1.29, 1.82) is 0 Å². The number of aromatic nitrogens is 2. The maximum absolute atomic E-state index is 4.42. The van der Waals surface area contributed by atoms with E-state index in [0.29, 0.717) is 0 Å². The minimum absolute atomic E-state index is 0.186. The molecule has 0 unspecified atom stereocenters. The lowest BCUT2D eigenvalue weighted by molar-refractivity contribution is 0.590. The van der Waals surface area contributed by atoms with E-state index < -0.39 is 0 Å². The summed E-state index contributed by atoms with van der Waals surface area (Å²) in [6.07, 6.45) is 1.80. The third-order valence-corrected chi connectivity index (χ3v) is 2.80. The molecule has 1 heterocycles. The van der Waals surface area contributed by atoms with Crippen LogP contribution in [0.3, 0.4) is 0 Å². The molecule has 0 amide bonds. The Hall–Kier alpha value is -1.70. The number of nitrogens with zero attached hydrogens (tertiary/aromatic N) is 2. The third kappa shape index (κ3) is 2.70. The zero-order valence-corrected chi connectivity index (χ0v) is 10.9. The van der Waals surface area contributed by atoms with Crippen molar-refractivity contribution >= 4 is 0 Å². The van der Waals surface area contributed by atoms with Crippen LogP contribution < -0.4 is 0 Å². The van der Waals surface area contributed by atoms with E-state index in [0.717, 1.165) is 17.1 Å². The summed E-state index contributed by atoms with van der Waals surface area (Å²) in [7, 11) is 0. The lowest BCUT2D eigenvalue weighted by Crippen LogP contribution is -2.10. The van der Waals surface area contributed by atoms with Gasteiger partial charge in [0.1, 0.15) is 0 Å². The van der Waals surface area contributed by atoms with E-state index in [1.165, 1.54) is 5.56 Å². The normalized spacial score (nSPS) is 11.5. The van der Waals surface area contributed by atoms with Gasteiger partial charge >= 0.3 is 0 Å². The molecule has 0 aliphatic heterocycles. The van der Waals surface area contributed by atoms with Crippen LogP contribution in [-0.4, -0.2) is 9.97 Å². The van der Waals surface area contributed by atoms with Crippen molar-refractivity contribution in [2.45, 2.75) is 33.1 Å². The maximum Gasteiger partial charge on any atom is 0.159 e. The Kier molecular flexibility index (Phi) is 2.97. The van der Waals surface area contributed by atoms with Crippen LogP contribution in [0.25, 0.3) is 11.4 Å². The summed E-state index contributed by atoms with van der Waals surface area (Å²) in [5.74, 6) is 0.797. The summed E-state index contributed by atoms with van der Waals surface area (Å²) in [5.41, 5.74) is 3.58. The van der Waals surface area contributed by atoms with Gasteiger partial charge in [0.2, 0.25) is 0 Å². The van der Waals surface area contributed by atoms with E-state index in [4.69, 9.17) is 0 Å². The zero-order chi connectivity index (χ0) is 12.5. The highest BCUT2D eigenvalue weighted by Crippen LogP contribution is 2.24. The van der Waals surface area contributed by atoms with Gasteiger partial charge in [-0.3, -0.25) is 0 Å². The average molecular weight is 226 g/mol. The Labute approximate surface area is 103 Å². The standard InChI is InChI=1S/C15H18N2/c1-11-9-10-16-14(17-11)12-5-7-13(8-6-12)15(2,3)4/h5-10H,1-4H3. The van der Waals surface area contributed by atoms with Gasteiger partial charge in [0.05, 0.1) is 0 Å². The Morgan fingerprint density at radius 2 is 1.59 bits per heavy atom. The molecule has 0 spiro atoms. The number of benzene rings is 1. The second-order valence-electron chi connectivity index (χ2n) is 5.35. The summed E-state index contributed by atoms with van der Waals surface area (Å²) in [5, 5.41) is 0. The van der Waals surface area contributed by atoms with Gasteiger partial charge in [-0.05, 0) is 24.0 Å². The number of rotatable bonds is 1. The molecule has 17 heavy (non-hydrogen) atoms. The van der Waals surface area contributed by atoms with Crippen LogP contribution in [0, 0.1) is 6.92 Å². The fourth-order valence-electron chi connectivity index (χ4n) is 1.71. The molecule has 1 aromatic heterocycles. The van der Waals surface area contributed by atoms with E-state index in [2.05, 4.69) is 55.0 Å². The number of hydrogen-bond donors (Lipinski definition) is 0. The largest absolute Gasteiger partial charge is 0.237 e. The zero-order valence-electron chi connectivity index (χ0n) is 10.9. The first-order valence-electron chi connectivity index (χ1n) is 5.87. The van der Waals surface area contributed by atoms with Crippen LogP contribution in [0.4, 0.5) is 0 Å². The lowest BCUT2D eigenvalue weighted by atomic mass is 9.87. The number of aryl methyl sites for hydroxylation is 1. The molecule has 0 radical (unpaired) electrons. The minimum Gasteiger partial charge on any atom is -0.237 e. The first kappa shape index (κ1) is 11.8. The molecule has 2 nitrogen and oxygen atoms in total. The highest BCUT2D eigenvalue weighted by Gasteiger charge is 2.13. The molecule has 0 fully saturated rings. The van der Waals surface area contributed by atoms with Gasteiger partial charge in [0.15, 0.2) is 5.82 Å². The topological polar surface area (TPSA) is 25.8 Å². The molecule has 88 valence electrons. The molecule has 0 N–H and O–H groups in total. The van der Waals surface area contributed by atoms with Gasteiger partial charge in [-0.1, -0.05) is 45.0 Å². The molecule has 0 bridgehead atoms. The van der Waals surface area contributed by atoms with Gasteiger partial charge in [0.25, 0.3) is 0 Å². The Morgan fingerprint density at radius 1 is 0.941 bits per heavy atom. The molecule has 2 rings (SSSR count). The predicted molar refractivity (Wildman–Crippen MR) is 70.9 cm³/mol. The molecule has 2 aromatic rings. The quantitative estimate of drug-likeness (QED) is 0.740. The molecule has 2 heteroatoms. The second kappa shape index (κ2) is 4.28. The van der Waals surface area contributed by atoms with Crippen LogP contribution in [0.15, 0.2) is 36.5 Å². The van der Waals surface area contributed by atoms with Gasteiger partial charge in [-0.25, -0.2) is 9.97 Å². The fraction of sp³-hybridized carbons (Fsp3) is 0.333. The van der Waals surface area contributed by atoms with Crippen molar-refractivity contribution in [3.05, 3.63) is 47.8 Å². The Bertz CT molecular complexity index is 507. The van der Waals surface area contributed by atoms with Crippen LogP contribution in [0.5, 0.6) is 0 Å². The highest BCUT2D eigenvalue weighted by molar-refractivity contribution is 5.55. The van der Waals surface area contributed by atoms with E-state index >= 15 is 0 Å². The van der Waals surface area contributed by atoms with E-state index in [1.54, 1.807) is 6.20 Å². The van der Waals surface area contributed by atoms with Crippen molar-refractivity contribution in [2.75, 3.05) is 0 Å². The van der Waals surface area contributed by atoms with E-state index in [1.807, 2.05) is 13.0 Å². The Balaban J connectivity index is 2.36. The molecule has 0 saturated carbocycles. The van der Waals surface area contributed by atoms with Gasteiger partial charge in [-0.15, -0.1) is 0 Å². The molecular weight excluding hydrogens is 208 g/mol. The molecule has 0 aliphatic carbocycles. The number of hydrogen-bond acceptors (Lipinski definition) is 2. The molecule has 0 atom stereocenters. The van der Waals surface area contributed by atoms with Gasteiger partial charge in [-0.2, -0.15) is 0 Å². The summed E-state index contributed by atoms with van der Waals surface area (Å²) < 4.78 is 0. The Morgan fingerprint density at radius 3 is 2.12 bits per heavy atom. The van der Waals surface area contributed by atoms with Crippen molar-refractivity contribution in [2.24, 2.45) is 0 Å². The summed E-state index contributed by atoms with van der Waals surface area (Å²) in [6, 6.07) is 10.4. The van der Waals surface area contributed by atoms with Gasteiger partial charge < -0.3 is 0 Å². The first-order valence-corrected chi connectivity index (χ1v) is 5.87. The van der Waals surface area contributed by atoms with Crippen molar-refractivity contribution in [3.63, 3.8) is 0 Å². The highest BCUT2D eigenvalue weighted by atomic mass is 14.9. The summed E-state index contributed by atoms with van der Waals surface area (Å²) in [4.78, 5) is 8.71. The molecule has 1 aromatic carbocycles. The average Bonchev–Trinajstić information content (AvgIpc) is 2.28. The minimum atomic E-state index is 0.186. The van der Waals surface area contributed by atoms with Crippen LogP contribution >= 0.6 is 0 Å². The van der Waals surface area contributed by atoms with E-state index in [9.17, 15) is 0 Å². The monoisotopic (exact) mass is 226 g/mol. The molecule has 0 aliphatic rings. The van der Waals surface area contributed by atoms with Crippen LogP contribution in [-0.2, 0) is 5.41 Å². The van der Waals surface area contributed by atoms with Crippen molar-refractivity contribution in [3.8, 4) is 11.4 Å². The van der Waals surface area contributed by atoms with Gasteiger partial charge in [0, 0.05) is 17.5 Å². The SMILES string of the molecule is Cc1ccnc(-c2ccc(C(C)(C)C)cc2)n1. The summed E-state index contributed by atoms with van der Waals surface area (Å²) >= 11 is 0. The van der Waals surface area contributed by atoms with E-state index in [-0.39, 0.29) is 5.41 Å². The lowest BCUT2D eigenvalue weighted by Gasteiger charge is -2.18. The molecule has 0 saturated heterocycles. The van der Waals surface area contributed by atoms with Crippen LogP contribution in [0.2, 0.25) is 0 Å². The molecular formula is C15H18N2. The van der Waals surface area contributed by atoms with Crippen molar-refractivity contribution < 1.29 is 0 Å². The second-order valence-corrected chi connectivity index (χ2v) is 5.35. The maximum atomic E-state index is 4.42. The predicted octanol–water partition coefficient (Wildman–Crippen LogP) is 3.75. The third-order valence-electron chi connectivity index (χ3n) is 2.80.